The number of rotatable bonds is 5. The average molecular weight is 450 g/mol. The predicted octanol–water partition coefficient (Wildman–Crippen LogP) is 7.54. The molecule has 0 unspecified atom stereocenters. The maximum atomic E-state index is 13.5. The minimum absolute atomic E-state index is 0.247. The topological polar surface area (TPSA) is 37.9 Å². The molecule has 0 saturated heterocycles. The van der Waals surface area contributed by atoms with Crippen LogP contribution < -0.4 is 4.74 Å². The fraction of sp³-hybridized carbons (Fsp3) is 0.174. The Morgan fingerprint density at radius 2 is 1.56 bits per heavy atom. The number of alkyl halides is 6. The molecule has 0 radical (unpaired) electrons. The Hall–Kier alpha value is -3.49. The van der Waals surface area contributed by atoms with Gasteiger partial charge in [-0.15, -0.1) is 0 Å². The largest absolute Gasteiger partial charge is 0.457 e. The number of nitrogens with one attached hydrogen (secondary N) is 1. The second-order valence-electron chi connectivity index (χ2n) is 7.16. The molecule has 0 bridgehead atoms. The Labute approximate surface area is 178 Å². The lowest BCUT2D eigenvalue weighted by Gasteiger charge is -2.16. The van der Waals surface area contributed by atoms with Crippen molar-refractivity contribution >= 4 is 11.0 Å². The summed E-state index contributed by atoms with van der Waals surface area (Å²) in [6.45, 7) is 0. The van der Waals surface area contributed by atoms with E-state index in [9.17, 15) is 26.3 Å². The Morgan fingerprint density at radius 1 is 0.844 bits per heavy atom. The first kappa shape index (κ1) is 21.7. The normalized spacial score (nSPS) is 12.3. The standard InChI is InChI=1S/C23H16F6N2O/c24-22(25,26)10-7-15-1-2-16(13-19(15)23(27,28)29)14-3-5-17(6-4-14)32-20-9-12-31-21-18(20)8-11-30-21/h1-6,8-9,11-13H,7,10H2,(H,30,31). The summed E-state index contributed by atoms with van der Waals surface area (Å²) in [7, 11) is 0. The molecule has 3 nitrogen and oxygen atoms in total. The molecule has 0 fully saturated rings. The van der Waals surface area contributed by atoms with E-state index in [-0.39, 0.29) is 11.1 Å². The third kappa shape index (κ3) is 4.87. The molecule has 2 aromatic heterocycles. The molecule has 0 aliphatic heterocycles. The van der Waals surface area contributed by atoms with Gasteiger partial charge in [-0.3, -0.25) is 0 Å². The van der Waals surface area contributed by atoms with Crippen molar-refractivity contribution in [3.63, 3.8) is 0 Å². The van der Waals surface area contributed by atoms with Gasteiger partial charge in [0.25, 0.3) is 0 Å². The number of aromatic nitrogens is 2. The van der Waals surface area contributed by atoms with E-state index >= 15 is 0 Å². The molecule has 1 N–H and O–H groups in total. The number of fused-ring (bicyclic) bond motifs is 1. The van der Waals surface area contributed by atoms with Crippen molar-refractivity contribution in [2.24, 2.45) is 0 Å². The van der Waals surface area contributed by atoms with E-state index in [1.165, 1.54) is 6.07 Å². The third-order valence-electron chi connectivity index (χ3n) is 4.93. The number of halogens is 6. The summed E-state index contributed by atoms with van der Waals surface area (Å²) < 4.78 is 83.7. The molecule has 0 amide bonds. The van der Waals surface area contributed by atoms with Gasteiger partial charge in [0.2, 0.25) is 0 Å². The molecule has 2 aromatic carbocycles. The zero-order valence-corrected chi connectivity index (χ0v) is 16.4. The molecule has 9 heteroatoms. The van der Waals surface area contributed by atoms with Crippen LogP contribution in [0, 0.1) is 0 Å². The lowest BCUT2D eigenvalue weighted by molar-refractivity contribution is -0.141. The molecule has 32 heavy (non-hydrogen) atoms. The van der Waals surface area contributed by atoms with Crippen molar-refractivity contribution in [1.29, 1.82) is 0 Å². The Bertz CT molecular complexity index is 1230. The van der Waals surface area contributed by atoms with Gasteiger partial charge in [0.05, 0.1) is 10.9 Å². The molecule has 0 saturated carbocycles. The monoisotopic (exact) mass is 450 g/mol. The lowest BCUT2D eigenvalue weighted by atomic mass is 9.96. The molecule has 166 valence electrons. The first-order valence-electron chi connectivity index (χ1n) is 9.57. The van der Waals surface area contributed by atoms with Gasteiger partial charge in [-0.1, -0.05) is 24.3 Å². The summed E-state index contributed by atoms with van der Waals surface area (Å²) in [6, 6.07) is 13.3. The molecule has 0 aliphatic rings. The van der Waals surface area contributed by atoms with Crippen LogP contribution >= 0.6 is 0 Å². The molecule has 0 atom stereocenters. The lowest BCUT2D eigenvalue weighted by Crippen LogP contribution is -2.13. The fourth-order valence-corrected chi connectivity index (χ4v) is 3.38. The summed E-state index contributed by atoms with van der Waals surface area (Å²) in [6.07, 6.45) is -8.02. The van der Waals surface area contributed by atoms with Crippen molar-refractivity contribution in [3.05, 3.63) is 78.1 Å². The van der Waals surface area contributed by atoms with Crippen molar-refractivity contribution in [3.8, 4) is 22.6 Å². The van der Waals surface area contributed by atoms with Crippen molar-refractivity contribution < 1.29 is 31.1 Å². The zero-order valence-electron chi connectivity index (χ0n) is 16.4. The molecular weight excluding hydrogens is 434 g/mol. The molecule has 0 aliphatic carbocycles. The van der Waals surface area contributed by atoms with Crippen LogP contribution in [0.1, 0.15) is 17.5 Å². The van der Waals surface area contributed by atoms with Crippen LogP contribution in [0.5, 0.6) is 11.5 Å². The first-order valence-corrected chi connectivity index (χ1v) is 9.57. The van der Waals surface area contributed by atoms with Crippen LogP contribution in [0.15, 0.2) is 67.0 Å². The van der Waals surface area contributed by atoms with Gasteiger partial charge in [0.15, 0.2) is 0 Å². The summed E-state index contributed by atoms with van der Waals surface area (Å²) in [5.41, 5.74) is -0.0642. The van der Waals surface area contributed by atoms with Crippen LogP contribution in [0.2, 0.25) is 0 Å². The highest BCUT2D eigenvalue weighted by molar-refractivity contribution is 5.82. The van der Waals surface area contributed by atoms with E-state index in [1.807, 2.05) is 6.07 Å². The number of hydrogen-bond acceptors (Lipinski definition) is 2. The van der Waals surface area contributed by atoms with Gasteiger partial charge < -0.3 is 9.72 Å². The van der Waals surface area contributed by atoms with Crippen LogP contribution in [0.4, 0.5) is 26.3 Å². The van der Waals surface area contributed by atoms with Crippen molar-refractivity contribution in [1.82, 2.24) is 9.97 Å². The Kier molecular flexibility index (Phi) is 5.58. The van der Waals surface area contributed by atoms with Crippen LogP contribution in [-0.2, 0) is 12.6 Å². The van der Waals surface area contributed by atoms with Crippen LogP contribution in [0.3, 0.4) is 0 Å². The minimum Gasteiger partial charge on any atom is -0.457 e. The first-order chi connectivity index (χ1) is 15.1. The maximum Gasteiger partial charge on any atom is 0.416 e. The number of ether oxygens (including phenoxy) is 1. The Morgan fingerprint density at radius 3 is 2.25 bits per heavy atom. The molecule has 4 aromatic rings. The van der Waals surface area contributed by atoms with Gasteiger partial charge in [0, 0.05) is 18.8 Å². The summed E-state index contributed by atoms with van der Waals surface area (Å²) in [5, 5.41) is 0.779. The van der Waals surface area contributed by atoms with E-state index in [0.29, 0.717) is 22.7 Å². The quantitative estimate of drug-likeness (QED) is 0.319. The van der Waals surface area contributed by atoms with Crippen LogP contribution in [-0.4, -0.2) is 16.1 Å². The number of aromatic amines is 1. The molecular formula is C23H16F6N2O. The predicted molar refractivity (Wildman–Crippen MR) is 107 cm³/mol. The SMILES string of the molecule is FC(F)(F)CCc1ccc(-c2ccc(Oc3ccnc4[nH]ccc34)cc2)cc1C(F)(F)F. The highest BCUT2D eigenvalue weighted by Crippen LogP contribution is 2.37. The van der Waals surface area contributed by atoms with E-state index in [0.717, 1.165) is 17.5 Å². The van der Waals surface area contributed by atoms with Crippen LogP contribution in [0.25, 0.3) is 22.2 Å². The Balaban J connectivity index is 1.59. The summed E-state index contributed by atoms with van der Waals surface area (Å²) >= 11 is 0. The minimum atomic E-state index is -4.76. The highest BCUT2D eigenvalue weighted by Gasteiger charge is 2.35. The van der Waals surface area contributed by atoms with E-state index in [4.69, 9.17) is 4.74 Å². The smallest absolute Gasteiger partial charge is 0.416 e. The van der Waals surface area contributed by atoms with Crippen molar-refractivity contribution in [2.75, 3.05) is 0 Å². The van der Waals surface area contributed by atoms with Crippen molar-refractivity contribution in [2.45, 2.75) is 25.2 Å². The maximum absolute atomic E-state index is 13.5. The van der Waals surface area contributed by atoms with Gasteiger partial charge in [-0.05, 0) is 53.4 Å². The number of benzene rings is 2. The summed E-state index contributed by atoms with van der Waals surface area (Å²) in [4.78, 5) is 7.14. The second kappa shape index (κ2) is 8.22. The number of H-pyrrole nitrogens is 1. The average Bonchev–Trinajstić information content (AvgIpc) is 3.21. The second-order valence-corrected chi connectivity index (χ2v) is 7.16. The molecule has 4 rings (SSSR count). The van der Waals surface area contributed by atoms with Gasteiger partial charge in [-0.2, -0.15) is 26.3 Å². The molecule has 0 spiro atoms. The van der Waals surface area contributed by atoms with E-state index in [2.05, 4.69) is 9.97 Å². The number of hydrogen-bond donors (Lipinski definition) is 1. The fourth-order valence-electron chi connectivity index (χ4n) is 3.38. The number of nitrogens with zero attached hydrogens (tertiary/aromatic N) is 1. The highest BCUT2D eigenvalue weighted by atomic mass is 19.4. The summed E-state index contributed by atoms with van der Waals surface area (Å²) in [5.74, 6) is 1.04. The van der Waals surface area contributed by atoms with Gasteiger partial charge in [0.1, 0.15) is 17.1 Å². The van der Waals surface area contributed by atoms with E-state index < -0.39 is 30.8 Å². The number of aryl methyl sites for hydroxylation is 1. The zero-order chi connectivity index (χ0) is 22.9. The van der Waals surface area contributed by atoms with Gasteiger partial charge >= 0.3 is 12.4 Å². The molecule has 2 heterocycles. The third-order valence-corrected chi connectivity index (χ3v) is 4.93. The van der Waals surface area contributed by atoms with E-state index in [1.54, 1.807) is 42.7 Å². The van der Waals surface area contributed by atoms with Gasteiger partial charge in [-0.25, -0.2) is 4.98 Å². The number of pyridine rings is 1.